The maximum atomic E-state index is 12.0. The van der Waals surface area contributed by atoms with Crippen LogP contribution < -0.4 is 5.73 Å². The van der Waals surface area contributed by atoms with Crippen molar-refractivity contribution in [3.8, 4) is 0 Å². The zero-order valence-corrected chi connectivity index (χ0v) is 11.1. The highest BCUT2D eigenvalue weighted by molar-refractivity contribution is 5.89. The van der Waals surface area contributed by atoms with Crippen LogP contribution in [0.15, 0.2) is 24.3 Å². The Balaban J connectivity index is 0.00000324. The molecule has 0 fully saturated rings. The Morgan fingerprint density at radius 2 is 1.84 bits per heavy atom. The van der Waals surface area contributed by atoms with Gasteiger partial charge in [0.2, 0.25) is 0 Å². The Labute approximate surface area is 115 Å². The van der Waals surface area contributed by atoms with Crippen molar-refractivity contribution in [1.29, 1.82) is 0 Å². The van der Waals surface area contributed by atoms with E-state index in [2.05, 4.69) is 4.74 Å². The van der Waals surface area contributed by atoms with Gasteiger partial charge in [0.25, 0.3) is 0 Å². The lowest BCUT2D eigenvalue weighted by atomic mass is 10.0. The molecule has 0 saturated carbocycles. The molecule has 0 amide bonds. The lowest BCUT2D eigenvalue weighted by Gasteiger charge is -2.13. The zero-order valence-electron chi connectivity index (χ0n) is 10.2. The quantitative estimate of drug-likeness (QED) is 0.868. The van der Waals surface area contributed by atoms with E-state index in [0.29, 0.717) is 11.1 Å². The first-order valence-corrected chi connectivity index (χ1v) is 5.34. The monoisotopic (exact) mass is 297 g/mol. The van der Waals surface area contributed by atoms with Gasteiger partial charge in [0.1, 0.15) is 0 Å². The van der Waals surface area contributed by atoms with Gasteiger partial charge in [0.05, 0.1) is 12.7 Å². The lowest BCUT2D eigenvalue weighted by molar-refractivity contribution is -0.136. The number of ether oxygens (including phenoxy) is 1. The van der Waals surface area contributed by atoms with Gasteiger partial charge in [0.15, 0.2) is 0 Å². The predicted molar refractivity (Wildman–Crippen MR) is 67.2 cm³/mol. The molecule has 0 heterocycles. The number of esters is 1. The minimum atomic E-state index is -4.20. The number of benzene rings is 1. The van der Waals surface area contributed by atoms with E-state index in [4.69, 9.17) is 5.73 Å². The van der Waals surface area contributed by atoms with Gasteiger partial charge < -0.3 is 10.5 Å². The normalized spacial score (nSPS) is 12.5. The lowest BCUT2D eigenvalue weighted by Crippen LogP contribution is -2.16. The van der Waals surface area contributed by atoms with Crippen molar-refractivity contribution >= 4 is 18.4 Å². The molecular formula is C12H15ClF3NO2. The van der Waals surface area contributed by atoms with Gasteiger partial charge in [-0.1, -0.05) is 12.1 Å². The first-order valence-electron chi connectivity index (χ1n) is 5.34. The van der Waals surface area contributed by atoms with Crippen LogP contribution in [0.1, 0.15) is 34.8 Å². The number of nitrogens with two attached hydrogens (primary N) is 1. The summed E-state index contributed by atoms with van der Waals surface area (Å²) in [5.74, 6) is -0.495. The summed E-state index contributed by atoms with van der Waals surface area (Å²) in [5, 5.41) is 0. The molecule has 0 bridgehead atoms. The van der Waals surface area contributed by atoms with Gasteiger partial charge >= 0.3 is 12.1 Å². The van der Waals surface area contributed by atoms with Gasteiger partial charge in [-0.15, -0.1) is 12.4 Å². The summed E-state index contributed by atoms with van der Waals surface area (Å²) in [6.45, 7) is 0. The molecule has 0 aromatic heterocycles. The number of alkyl halides is 3. The van der Waals surface area contributed by atoms with E-state index in [0.717, 1.165) is 0 Å². The summed E-state index contributed by atoms with van der Waals surface area (Å²) in [5.41, 5.74) is 6.54. The number of carbonyl (C=O) groups excluding carboxylic acids is 1. The molecule has 0 saturated heterocycles. The van der Waals surface area contributed by atoms with Crippen LogP contribution in [0, 0.1) is 0 Å². The highest BCUT2D eigenvalue weighted by Crippen LogP contribution is 2.26. The van der Waals surface area contributed by atoms with Crippen LogP contribution in [-0.2, 0) is 4.74 Å². The SMILES string of the molecule is COC(=O)c1ccc([C@H](N)CCC(F)(F)F)cc1.Cl. The predicted octanol–water partition coefficient (Wildman–Crippen LogP) is 3.24. The molecule has 19 heavy (non-hydrogen) atoms. The molecule has 7 heteroatoms. The molecule has 0 spiro atoms. The zero-order chi connectivity index (χ0) is 13.8. The minimum Gasteiger partial charge on any atom is -0.465 e. The average molecular weight is 298 g/mol. The fourth-order valence-corrected chi connectivity index (χ4v) is 1.47. The third-order valence-corrected chi connectivity index (χ3v) is 2.50. The van der Waals surface area contributed by atoms with Crippen molar-refractivity contribution in [2.45, 2.75) is 25.1 Å². The summed E-state index contributed by atoms with van der Waals surface area (Å²) < 4.78 is 40.6. The second kappa shape index (κ2) is 7.35. The molecule has 1 rings (SSSR count). The maximum Gasteiger partial charge on any atom is 0.389 e. The topological polar surface area (TPSA) is 52.3 Å². The van der Waals surface area contributed by atoms with Crippen molar-refractivity contribution in [2.75, 3.05) is 7.11 Å². The van der Waals surface area contributed by atoms with Crippen LogP contribution in [0.25, 0.3) is 0 Å². The Kier molecular flexibility index (Phi) is 6.86. The number of rotatable bonds is 4. The van der Waals surface area contributed by atoms with Crippen molar-refractivity contribution in [3.05, 3.63) is 35.4 Å². The number of halogens is 4. The summed E-state index contributed by atoms with van der Waals surface area (Å²) in [7, 11) is 1.26. The molecule has 0 aliphatic carbocycles. The van der Waals surface area contributed by atoms with E-state index in [1.54, 1.807) is 0 Å². The van der Waals surface area contributed by atoms with Crippen molar-refractivity contribution in [1.82, 2.24) is 0 Å². The molecule has 1 aromatic rings. The number of hydrogen-bond donors (Lipinski definition) is 1. The molecule has 0 unspecified atom stereocenters. The Bertz CT molecular complexity index is 406. The highest BCUT2D eigenvalue weighted by Gasteiger charge is 2.27. The Morgan fingerprint density at radius 1 is 1.32 bits per heavy atom. The molecular weight excluding hydrogens is 283 g/mol. The summed E-state index contributed by atoms with van der Waals surface area (Å²) in [6, 6.07) is 5.34. The summed E-state index contributed by atoms with van der Waals surface area (Å²) in [4.78, 5) is 11.1. The van der Waals surface area contributed by atoms with Crippen molar-refractivity contribution in [2.24, 2.45) is 5.73 Å². The molecule has 0 radical (unpaired) electrons. The van der Waals surface area contributed by atoms with Crippen LogP contribution in [0.2, 0.25) is 0 Å². The van der Waals surface area contributed by atoms with Crippen molar-refractivity contribution in [3.63, 3.8) is 0 Å². The fourth-order valence-electron chi connectivity index (χ4n) is 1.47. The van der Waals surface area contributed by atoms with Crippen LogP contribution in [-0.4, -0.2) is 19.3 Å². The molecule has 0 aliphatic rings. The number of methoxy groups -OCH3 is 1. The van der Waals surface area contributed by atoms with Crippen LogP contribution in [0.4, 0.5) is 13.2 Å². The fraction of sp³-hybridized carbons (Fsp3) is 0.417. The van der Waals surface area contributed by atoms with Gasteiger partial charge in [-0.3, -0.25) is 0 Å². The van der Waals surface area contributed by atoms with Crippen molar-refractivity contribution < 1.29 is 22.7 Å². The second-order valence-electron chi connectivity index (χ2n) is 3.87. The standard InChI is InChI=1S/C12H14F3NO2.ClH/c1-18-11(17)9-4-2-8(3-5-9)10(16)6-7-12(13,14)15;/h2-5,10H,6-7,16H2,1H3;1H/t10-;/m1./s1. The largest absolute Gasteiger partial charge is 0.465 e. The van der Waals surface area contributed by atoms with Gasteiger partial charge in [-0.2, -0.15) is 13.2 Å². The molecule has 0 aliphatic heterocycles. The molecule has 108 valence electrons. The highest BCUT2D eigenvalue weighted by atomic mass is 35.5. The average Bonchev–Trinajstić information content (AvgIpc) is 2.34. The number of carbonyl (C=O) groups is 1. The van der Waals surface area contributed by atoms with E-state index < -0.39 is 24.6 Å². The third kappa shape index (κ3) is 5.94. The van der Waals surface area contributed by atoms with E-state index in [-0.39, 0.29) is 18.8 Å². The first-order chi connectivity index (χ1) is 8.33. The molecule has 3 nitrogen and oxygen atoms in total. The summed E-state index contributed by atoms with van der Waals surface area (Å²) in [6.07, 6.45) is -5.31. The minimum absolute atomic E-state index is 0. The molecule has 1 aromatic carbocycles. The van der Waals surface area contributed by atoms with E-state index in [1.807, 2.05) is 0 Å². The summed E-state index contributed by atoms with van der Waals surface area (Å²) >= 11 is 0. The Hall–Kier alpha value is -1.27. The van der Waals surface area contributed by atoms with Crippen LogP contribution in [0.5, 0.6) is 0 Å². The molecule has 2 N–H and O–H groups in total. The number of hydrogen-bond acceptors (Lipinski definition) is 3. The van der Waals surface area contributed by atoms with E-state index in [1.165, 1.54) is 31.4 Å². The smallest absolute Gasteiger partial charge is 0.389 e. The van der Waals surface area contributed by atoms with Crippen LogP contribution >= 0.6 is 12.4 Å². The van der Waals surface area contributed by atoms with E-state index >= 15 is 0 Å². The van der Waals surface area contributed by atoms with Gasteiger partial charge in [-0.25, -0.2) is 4.79 Å². The second-order valence-corrected chi connectivity index (χ2v) is 3.87. The Morgan fingerprint density at radius 3 is 2.26 bits per heavy atom. The molecule has 1 atom stereocenters. The van der Waals surface area contributed by atoms with Crippen LogP contribution in [0.3, 0.4) is 0 Å². The first kappa shape index (κ1) is 17.7. The third-order valence-electron chi connectivity index (χ3n) is 2.50. The van der Waals surface area contributed by atoms with E-state index in [9.17, 15) is 18.0 Å². The van der Waals surface area contributed by atoms with Gasteiger partial charge in [0, 0.05) is 12.5 Å². The van der Waals surface area contributed by atoms with Gasteiger partial charge in [-0.05, 0) is 24.1 Å². The maximum absolute atomic E-state index is 12.0.